The quantitative estimate of drug-likeness (QED) is 0.524. The highest BCUT2D eigenvalue weighted by atomic mass is 32.2. The molecule has 1 fully saturated rings. The molecule has 0 aliphatic carbocycles. The van der Waals surface area contributed by atoms with E-state index in [1.54, 1.807) is 0 Å². The Morgan fingerprint density at radius 2 is 1.52 bits per heavy atom. The first-order chi connectivity index (χ1) is 13.9. The van der Waals surface area contributed by atoms with Crippen LogP contribution in [-0.2, 0) is 14.8 Å². The van der Waals surface area contributed by atoms with Crippen LogP contribution >= 0.6 is 0 Å². The number of rotatable bonds is 6. The molecule has 0 atom stereocenters. The van der Waals surface area contributed by atoms with Gasteiger partial charge < -0.3 is 14.2 Å². The molecule has 0 N–H and O–H groups in total. The molecule has 29 heavy (non-hydrogen) atoms. The predicted octanol–water partition coefficient (Wildman–Crippen LogP) is 2.49. The minimum atomic E-state index is -3.78. The molecule has 0 saturated carbocycles. The van der Waals surface area contributed by atoms with Gasteiger partial charge in [0.1, 0.15) is 16.4 Å². The van der Waals surface area contributed by atoms with Gasteiger partial charge in [-0.25, -0.2) is 18.0 Å². The van der Waals surface area contributed by atoms with E-state index in [-0.39, 0.29) is 22.0 Å². The van der Waals surface area contributed by atoms with Gasteiger partial charge in [0.25, 0.3) is 0 Å². The van der Waals surface area contributed by atoms with Crippen molar-refractivity contribution in [3.8, 4) is 11.5 Å². The molecule has 2 aromatic rings. The van der Waals surface area contributed by atoms with E-state index in [2.05, 4.69) is 4.74 Å². The second kappa shape index (κ2) is 8.62. The monoisotopic (exact) mass is 419 g/mol. The Labute approximate surface area is 169 Å². The summed E-state index contributed by atoms with van der Waals surface area (Å²) in [6.07, 6.45) is 1.59. The van der Waals surface area contributed by atoms with Crippen molar-refractivity contribution in [1.29, 1.82) is 0 Å². The van der Waals surface area contributed by atoms with E-state index in [4.69, 9.17) is 9.47 Å². The molecule has 0 unspecified atom stereocenters. The zero-order valence-electron chi connectivity index (χ0n) is 16.1. The van der Waals surface area contributed by atoms with Crippen molar-refractivity contribution < 1.29 is 32.2 Å². The van der Waals surface area contributed by atoms with Gasteiger partial charge in [0.05, 0.1) is 25.3 Å². The van der Waals surface area contributed by atoms with Crippen LogP contribution in [0.25, 0.3) is 0 Å². The Bertz CT molecular complexity index is 1010. The van der Waals surface area contributed by atoms with E-state index in [0.717, 1.165) is 12.8 Å². The number of carbonyl (C=O) groups excluding carboxylic acids is 2. The summed E-state index contributed by atoms with van der Waals surface area (Å²) in [5.74, 6) is -0.857. The van der Waals surface area contributed by atoms with E-state index in [1.807, 2.05) is 0 Å². The standard InChI is InChI=1S/C20H21NO7S/c1-26-17-10-7-15(13-18(17)29(24,25)21-11-3-4-12-21)20(23)28-16-8-5-14(6-9-16)19(22)27-2/h5-10,13H,3-4,11-12H2,1-2H3. The molecule has 9 heteroatoms. The van der Waals surface area contributed by atoms with Gasteiger partial charge in [-0.2, -0.15) is 4.31 Å². The summed E-state index contributed by atoms with van der Waals surface area (Å²) in [5.41, 5.74) is 0.386. The smallest absolute Gasteiger partial charge is 0.343 e. The van der Waals surface area contributed by atoms with Crippen LogP contribution in [0.5, 0.6) is 11.5 Å². The number of carbonyl (C=O) groups is 2. The number of hydrogen-bond acceptors (Lipinski definition) is 7. The van der Waals surface area contributed by atoms with Gasteiger partial charge in [-0.05, 0) is 55.3 Å². The number of sulfonamides is 1. The molecular formula is C20H21NO7S. The maximum absolute atomic E-state index is 12.9. The summed E-state index contributed by atoms with van der Waals surface area (Å²) in [7, 11) is -1.13. The summed E-state index contributed by atoms with van der Waals surface area (Å²) in [6, 6.07) is 9.97. The highest BCUT2D eigenvalue weighted by molar-refractivity contribution is 7.89. The van der Waals surface area contributed by atoms with Crippen molar-refractivity contribution >= 4 is 22.0 Å². The fourth-order valence-electron chi connectivity index (χ4n) is 3.02. The number of methoxy groups -OCH3 is 2. The average molecular weight is 419 g/mol. The molecule has 0 bridgehead atoms. The molecule has 1 saturated heterocycles. The summed E-state index contributed by atoms with van der Waals surface area (Å²) < 4.78 is 42.3. The molecule has 8 nitrogen and oxygen atoms in total. The number of esters is 2. The van der Waals surface area contributed by atoms with E-state index < -0.39 is 22.0 Å². The molecule has 154 valence electrons. The molecule has 1 heterocycles. The Kier molecular flexibility index (Phi) is 6.19. The lowest BCUT2D eigenvalue weighted by Gasteiger charge is -2.18. The summed E-state index contributed by atoms with van der Waals surface area (Å²) in [5, 5.41) is 0. The average Bonchev–Trinajstić information content (AvgIpc) is 3.29. The van der Waals surface area contributed by atoms with E-state index in [1.165, 1.54) is 61.0 Å². The Balaban J connectivity index is 1.85. The second-order valence-corrected chi connectivity index (χ2v) is 8.29. The van der Waals surface area contributed by atoms with Crippen LogP contribution in [0.4, 0.5) is 0 Å². The van der Waals surface area contributed by atoms with Crippen molar-refractivity contribution in [3.63, 3.8) is 0 Å². The molecular weight excluding hydrogens is 398 g/mol. The summed E-state index contributed by atoms with van der Waals surface area (Å²) >= 11 is 0. The van der Waals surface area contributed by atoms with E-state index in [0.29, 0.717) is 18.7 Å². The molecule has 3 rings (SSSR count). The van der Waals surface area contributed by atoms with Crippen LogP contribution in [-0.4, -0.2) is 52.0 Å². The van der Waals surface area contributed by atoms with Gasteiger partial charge in [0.15, 0.2) is 0 Å². The fraction of sp³-hybridized carbons (Fsp3) is 0.300. The SMILES string of the molecule is COC(=O)c1ccc(OC(=O)c2ccc(OC)c(S(=O)(=O)N3CCCC3)c2)cc1. The van der Waals surface area contributed by atoms with Crippen LogP contribution in [0.2, 0.25) is 0 Å². The van der Waals surface area contributed by atoms with E-state index >= 15 is 0 Å². The maximum Gasteiger partial charge on any atom is 0.343 e. The highest BCUT2D eigenvalue weighted by Crippen LogP contribution is 2.30. The van der Waals surface area contributed by atoms with Crippen molar-refractivity contribution in [1.82, 2.24) is 4.31 Å². The van der Waals surface area contributed by atoms with E-state index in [9.17, 15) is 18.0 Å². The largest absolute Gasteiger partial charge is 0.495 e. The maximum atomic E-state index is 12.9. The number of ether oxygens (including phenoxy) is 3. The van der Waals surface area contributed by atoms with Crippen LogP contribution in [0.15, 0.2) is 47.4 Å². The third-order valence-electron chi connectivity index (χ3n) is 4.57. The molecule has 0 spiro atoms. The molecule has 0 amide bonds. The Morgan fingerprint density at radius 3 is 2.10 bits per heavy atom. The first-order valence-electron chi connectivity index (χ1n) is 8.95. The number of nitrogens with zero attached hydrogens (tertiary/aromatic N) is 1. The van der Waals surface area contributed by atoms with Gasteiger partial charge in [-0.15, -0.1) is 0 Å². The Hall–Kier alpha value is -2.91. The summed E-state index contributed by atoms with van der Waals surface area (Å²) in [4.78, 5) is 23.9. The van der Waals surface area contributed by atoms with Gasteiger partial charge in [0, 0.05) is 13.1 Å². The third-order valence-corrected chi connectivity index (χ3v) is 6.49. The molecule has 1 aliphatic rings. The first kappa shape index (κ1) is 20.8. The topological polar surface area (TPSA) is 99.2 Å². The highest BCUT2D eigenvalue weighted by Gasteiger charge is 2.31. The predicted molar refractivity (Wildman–Crippen MR) is 104 cm³/mol. The summed E-state index contributed by atoms with van der Waals surface area (Å²) in [6.45, 7) is 0.874. The zero-order chi connectivity index (χ0) is 21.0. The van der Waals surface area contributed by atoms with Crippen molar-refractivity contribution in [2.45, 2.75) is 17.7 Å². The lowest BCUT2D eigenvalue weighted by atomic mass is 10.2. The van der Waals surface area contributed by atoms with Crippen molar-refractivity contribution in [2.75, 3.05) is 27.3 Å². The molecule has 1 aliphatic heterocycles. The lowest BCUT2D eigenvalue weighted by molar-refractivity contribution is 0.0600. The fourth-order valence-corrected chi connectivity index (χ4v) is 4.71. The number of benzene rings is 2. The van der Waals surface area contributed by atoms with Crippen LogP contribution in [0, 0.1) is 0 Å². The Morgan fingerprint density at radius 1 is 0.897 bits per heavy atom. The van der Waals surface area contributed by atoms with Gasteiger partial charge in [0.2, 0.25) is 10.0 Å². The number of hydrogen-bond donors (Lipinski definition) is 0. The second-order valence-electron chi connectivity index (χ2n) is 6.38. The molecule has 0 radical (unpaired) electrons. The zero-order valence-corrected chi connectivity index (χ0v) is 16.9. The van der Waals surface area contributed by atoms with Gasteiger partial charge in [-0.1, -0.05) is 0 Å². The minimum absolute atomic E-state index is 0.0700. The first-order valence-corrected chi connectivity index (χ1v) is 10.4. The van der Waals surface area contributed by atoms with Crippen molar-refractivity contribution in [2.24, 2.45) is 0 Å². The van der Waals surface area contributed by atoms with Crippen LogP contribution in [0.3, 0.4) is 0 Å². The molecule has 0 aromatic heterocycles. The van der Waals surface area contributed by atoms with Crippen LogP contribution < -0.4 is 9.47 Å². The minimum Gasteiger partial charge on any atom is -0.495 e. The lowest BCUT2D eigenvalue weighted by Crippen LogP contribution is -2.28. The van der Waals surface area contributed by atoms with Gasteiger partial charge >= 0.3 is 11.9 Å². The van der Waals surface area contributed by atoms with Gasteiger partial charge in [-0.3, -0.25) is 0 Å². The van der Waals surface area contributed by atoms with Crippen LogP contribution in [0.1, 0.15) is 33.6 Å². The third kappa shape index (κ3) is 4.41. The molecule has 2 aromatic carbocycles. The normalized spacial score (nSPS) is 14.4. The van der Waals surface area contributed by atoms with Crippen molar-refractivity contribution in [3.05, 3.63) is 53.6 Å².